The lowest BCUT2D eigenvalue weighted by Gasteiger charge is -2.32. The van der Waals surface area contributed by atoms with Crippen molar-refractivity contribution in [3.8, 4) is 5.69 Å². The van der Waals surface area contributed by atoms with E-state index in [2.05, 4.69) is 22.2 Å². The first-order chi connectivity index (χ1) is 12.5. The quantitative estimate of drug-likeness (QED) is 0.865. The number of aromatic nitrogens is 2. The molecule has 3 unspecified atom stereocenters. The largest absolute Gasteiger partial charge is 0.352 e. The summed E-state index contributed by atoms with van der Waals surface area (Å²) in [6.45, 7) is 4.92. The smallest absolute Gasteiger partial charge is 0.237 e. The summed E-state index contributed by atoms with van der Waals surface area (Å²) >= 11 is 0. The molecular weight excluding hydrogens is 324 g/mol. The molecule has 3 atom stereocenters. The van der Waals surface area contributed by atoms with Crippen LogP contribution >= 0.6 is 0 Å². The summed E-state index contributed by atoms with van der Waals surface area (Å²) in [5.41, 5.74) is 2.14. The fraction of sp³-hybridized carbons (Fsp3) is 0.524. The molecule has 1 aliphatic rings. The molecule has 3 rings (SSSR count). The summed E-state index contributed by atoms with van der Waals surface area (Å²) in [6.07, 6.45) is 8.73. The van der Waals surface area contributed by atoms with Gasteiger partial charge in [0, 0.05) is 24.3 Å². The van der Waals surface area contributed by atoms with Gasteiger partial charge in [-0.25, -0.2) is 4.68 Å². The van der Waals surface area contributed by atoms with Gasteiger partial charge in [0.1, 0.15) is 0 Å². The number of hydrogen-bond acceptors (Lipinski definition) is 3. The summed E-state index contributed by atoms with van der Waals surface area (Å²) < 4.78 is 1.87. The van der Waals surface area contributed by atoms with E-state index in [9.17, 15) is 4.79 Å². The van der Waals surface area contributed by atoms with E-state index < -0.39 is 0 Å². The molecule has 1 heterocycles. The molecule has 1 saturated carbocycles. The Kier molecular flexibility index (Phi) is 6.09. The number of benzene rings is 1. The van der Waals surface area contributed by atoms with Crippen LogP contribution < -0.4 is 5.32 Å². The van der Waals surface area contributed by atoms with Gasteiger partial charge in [-0.15, -0.1) is 0 Å². The highest BCUT2D eigenvalue weighted by Crippen LogP contribution is 2.24. The van der Waals surface area contributed by atoms with Crippen LogP contribution in [0, 0.1) is 5.92 Å². The molecule has 0 aliphatic heterocycles. The van der Waals surface area contributed by atoms with Gasteiger partial charge in [0.15, 0.2) is 0 Å². The van der Waals surface area contributed by atoms with Crippen molar-refractivity contribution in [2.45, 2.75) is 58.2 Å². The maximum Gasteiger partial charge on any atom is 0.237 e. The van der Waals surface area contributed by atoms with Crippen molar-refractivity contribution in [2.24, 2.45) is 5.92 Å². The average Bonchev–Trinajstić information content (AvgIpc) is 3.12. The number of para-hydroxylation sites is 1. The van der Waals surface area contributed by atoms with Crippen LogP contribution in [0.4, 0.5) is 0 Å². The lowest BCUT2D eigenvalue weighted by molar-refractivity contribution is -0.126. The molecule has 140 valence electrons. The summed E-state index contributed by atoms with van der Waals surface area (Å²) in [5, 5.41) is 7.70. The van der Waals surface area contributed by atoms with Crippen molar-refractivity contribution in [1.82, 2.24) is 20.0 Å². The minimum Gasteiger partial charge on any atom is -0.352 e. The van der Waals surface area contributed by atoms with Crippen LogP contribution in [-0.4, -0.2) is 39.7 Å². The number of nitrogens with zero attached hydrogens (tertiary/aromatic N) is 3. The Bertz CT molecular complexity index is 712. The summed E-state index contributed by atoms with van der Waals surface area (Å²) in [4.78, 5) is 14.7. The third kappa shape index (κ3) is 4.52. The van der Waals surface area contributed by atoms with E-state index in [1.807, 2.05) is 61.4 Å². The second-order valence-electron chi connectivity index (χ2n) is 7.60. The van der Waals surface area contributed by atoms with Crippen LogP contribution in [0.15, 0.2) is 42.7 Å². The van der Waals surface area contributed by atoms with E-state index in [0.717, 1.165) is 17.7 Å². The SMILES string of the molecule is CC1CCCCC1NC(=O)C(C)N(C)Cc1cnn(-c2ccccc2)c1. The highest BCUT2D eigenvalue weighted by molar-refractivity contribution is 5.81. The molecular formula is C21H30N4O. The first kappa shape index (κ1) is 18.6. The van der Waals surface area contributed by atoms with E-state index in [-0.39, 0.29) is 11.9 Å². The van der Waals surface area contributed by atoms with Gasteiger partial charge in [-0.1, -0.05) is 38.0 Å². The fourth-order valence-corrected chi connectivity index (χ4v) is 3.62. The van der Waals surface area contributed by atoms with Crippen molar-refractivity contribution >= 4 is 5.91 Å². The third-order valence-corrected chi connectivity index (χ3v) is 5.57. The highest BCUT2D eigenvalue weighted by atomic mass is 16.2. The van der Waals surface area contributed by atoms with Gasteiger partial charge in [0.25, 0.3) is 0 Å². The van der Waals surface area contributed by atoms with Crippen molar-refractivity contribution in [3.05, 3.63) is 48.3 Å². The zero-order valence-electron chi connectivity index (χ0n) is 16.1. The number of hydrogen-bond donors (Lipinski definition) is 1. The van der Waals surface area contributed by atoms with Crippen molar-refractivity contribution in [2.75, 3.05) is 7.05 Å². The number of nitrogens with one attached hydrogen (secondary N) is 1. The van der Waals surface area contributed by atoms with Gasteiger partial charge < -0.3 is 5.32 Å². The maximum atomic E-state index is 12.6. The molecule has 1 aliphatic carbocycles. The molecule has 26 heavy (non-hydrogen) atoms. The topological polar surface area (TPSA) is 50.2 Å². The number of carbonyl (C=O) groups excluding carboxylic acids is 1. The van der Waals surface area contributed by atoms with Gasteiger partial charge in [0.05, 0.1) is 17.9 Å². The van der Waals surface area contributed by atoms with Gasteiger partial charge in [0.2, 0.25) is 5.91 Å². The molecule has 1 fully saturated rings. The molecule has 0 bridgehead atoms. The lowest BCUT2D eigenvalue weighted by Crippen LogP contribution is -2.49. The molecule has 5 heteroatoms. The Morgan fingerprint density at radius 1 is 1.31 bits per heavy atom. The van der Waals surface area contributed by atoms with Crippen LogP contribution in [-0.2, 0) is 11.3 Å². The van der Waals surface area contributed by atoms with Gasteiger partial charge in [-0.3, -0.25) is 9.69 Å². The second kappa shape index (κ2) is 8.49. The Morgan fingerprint density at radius 3 is 2.77 bits per heavy atom. The van der Waals surface area contributed by atoms with Crippen LogP contribution in [0.25, 0.3) is 5.69 Å². The van der Waals surface area contributed by atoms with Gasteiger partial charge >= 0.3 is 0 Å². The van der Waals surface area contributed by atoms with E-state index in [4.69, 9.17) is 0 Å². The van der Waals surface area contributed by atoms with E-state index in [0.29, 0.717) is 18.5 Å². The molecule has 1 amide bonds. The molecule has 1 aromatic heterocycles. The summed E-state index contributed by atoms with van der Waals surface area (Å²) in [7, 11) is 1.99. The first-order valence-corrected chi connectivity index (χ1v) is 9.64. The predicted molar refractivity (Wildman–Crippen MR) is 104 cm³/mol. The second-order valence-corrected chi connectivity index (χ2v) is 7.60. The summed E-state index contributed by atoms with van der Waals surface area (Å²) in [5.74, 6) is 0.705. The third-order valence-electron chi connectivity index (χ3n) is 5.57. The van der Waals surface area contributed by atoms with Crippen LogP contribution in [0.5, 0.6) is 0 Å². The minimum atomic E-state index is -0.163. The molecule has 2 aromatic rings. The molecule has 0 radical (unpaired) electrons. The number of likely N-dealkylation sites (N-methyl/N-ethyl adjacent to an activating group) is 1. The monoisotopic (exact) mass is 354 g/mol. The molecule has 0 saturated heterocycles. The Balaban J connectivity index is 1.56. The Hall–Kier alpha value is -2.14. The first-order valence-electron chi connectivity index (χ1n) is 9.64. The normalized spacial score (nSPS) is 21.5. The Labute approximate surface area is 156 Å². The maximum absolute atomic E-state index is 12.6. The van der Waals surface area contributed by atoms with Crippen LogP contribution in [0.2, 0.25) is 0 Å². The van der Waals surface area contributed by atoms with Gasteiger partial charge in [-0.2, -0.15) is 5.10 Å². The number of carbonyl (C=O) groups is 1. The summed E-state index contributed by atoms with van der Waals surface area (Å²) in [6, 6.07) is 10.2. The zero-order valence-corrected chi connectivity index (χ0v) is 16.1. The minimum absolute atomic E-state index is 0.127. The molecule has 1 aromatic carbocycles. The standard InChI is InChI=1S/C21H30N4O/c1-16-9-7-8-12-20(16)23-21(26)17(2)24(3)14-18-13-22-25(15-18)19-10-5-4-6-11-19/h4-6,10-11,13,15-17,20H,7-9,12,14H2,1-3H3,(H,23,26). The van der Waals surface area contributed by atoms with Crippen LogP contribution in [0.3, 0.4) is 0 Å². The molecule has 1 N–H and O–H groups in total. The van der Waals surface area contributed by atoms with Crippen LogP contribution in [0.1, 0.15) is 45.1 Å². The zero-order chi connectivity index (χ0) is 18.5. The van der Waals surface area contributed by atoms with E-state index in [1.54, 1.807) is 0 Å². The molecule has 5 nitrogen and oxygen atoms in total. The average molecular weight is 354 g/mol. The van der Waals surface area contributed by atoms with Crippen molar-refractivity contribution < 1.29 is 4.79 Å². The number of rotatable bonds is 6. The Morgan fingerprint density at radius 2 is 2.04 bits per heavy atom. The van der Waals surface area contributed by atoms with E-state index in [1.165, 1.54) is 19.3 Å². The van der Waals surface area contributed by atoms with E-state index >= 15 is 0 Å². The highest BCUT2D eigenvalue weighted by Gasteiger charge is 2.26. The predicted octanol–water partition coefficient (Wildman–Crippen LogP) is 3.39. The fourth-order valence-electron chi connectivity index (χ4n) is 3.62. The molecule has 0 spiro atoms. The van der Waals surface area contributed by atoms with Crippen molar-refractivity contribution in [3.63, 3.8) is 0 Å². The van der Waals surface area contributed by atoms with Crippen molar-refractivity contribution in [1.29, 1.82) is 0 Å². The number of amides is 1. The lowest BCUT2D eigenvalue weighted by atomic mass is 9.86. The van der Waals surface area contributed by atoms with Gasteiger partial charge in [-0.05, 0) is 44.9 Å².